The number of anilines is 1. The summed E-state index contributed by atoms with van der Waals surface area (Å²) in [5, 5.41) is 30.8. The molecule has 6 heterocycles. The largest absolute Gasteiger partial charge is 0.394 e. The van der Waals surface area contributed by atoms with Crippen molar-refractivity contribution in [3.05, 3.63) is 169 Å². The second-order valence-corrected chi connectivity index (χ2v) is 21.1. The quantitative estimate of drug-likeness (QED) is 0.0202. The van der Waals surface area contributed by atoms with Crippen molar-refractivity contribution in [1.29, 1.82) is 5.26 Å². The predicted octanol–water partition coefficient (Wildman–Crippen LogP) is 6.79. The maximum atomic E-state index is 13.1. The van der Waals surface area contributed by atoms with Gasteiger partial charge in [-0.15, -0.1) is 0 Å². The fraction of sp³-hybridized carbons (Fsp3) is 0.288. The first-order valence-electron chi connectivity index (χ1n) is 24.0. The van der Waals surface area contributed by atoms with Gasteiger partial charge in [0, 0.05) is 44.6 Å². The molecule has 4 aromatic heterocycles. The van der Waals surface area contributed by atoms with Gasteiger partial charge >= 0.3 is 0 Å². The molecule has 378 valence electrons. The number of carbonyl (C=O) groups excluding carboxylic acids is 1. The molecule has 0 bridgehead atoms. The van der Waals surface area contributed by atoms with E-state index in [0.29, 0.717) is 40.1 Å². The van der Waals surface area contributed by atoms with Gasteiger partial charge in [-0.2, -0.15) is 5.26 Å². The Morgan fingerprint density at radius 3 is 1.95 bits per heavy atom. The van der Waals surface area contributed by atoms with Gasteiger partial charge in [0.2, 0.25) is 0 Å². The molecule has 7 atom stereocenters. The zero-order valence-electron chi connectivity index (χ0n) is 40.4. The van der Waals surface area contributed by atoms with Crippen molar-refractivity contribution in [2.45, 2.75) is 61.5 Å². The number of nitrogens with one attached hydrogen (secondary N) is 3. The molecular weight excluding hydrogens is 980 g/mol. The number of benzene rings is 4. The summed E-state index contributed by atoms with van der Waals surface area (Å²) < 4.78 is 30.3. The lowest BCUT2D eigenvalue weighted by molar-refractivity contribution is -0.0265. The lowest BCUT2D eigenvalue weighted by Gasteiger charge is -2.40. The van der Waals surface area contributed by atoms with E-state index in [1.165, 1.54) is 12.7 Å². The van der Waals surface area contributed by atoms with Crippen molar-refractivity contribution in [2.24, 2.45) is 4.99 Å². The van der Waals surface area contributed by atoms with E-state index in [4.69, 9.17) is 35.3 Å². The number of amides is 1. The fourth-order valence-electron chi connectivity index (χ4n) is 9.44. The molecule has 0 aliphatic carbocycles. The third kappa shape index (κ3) is 10.6. The Hall–Kier alpha value is -7.22. The molecule has 20 nitrogen and oxygen atoms in total. The van der Waals surface area contributed by atoms with Gasteiger partial charge in [-0.1, -0.05) is 109 Å². The predicted molar refractivity (Wildman–Crippen MR) is 280 cm³/mol. The molecule has 22 heteroatoms. The molecule has 1 amide bonds. The topological polar surface area (TPSA) is 237 Å². The van der Waals surface area contributed by atoms with Gasteiger partial charge in [0.05, 0.1) is 69.1 Å². The van der Waals surface area contributed by atoms with Gasteiger partial charge < -0.3 is 33.8 Å². The third-order valence-electron chi connectivity index (χ3n) is 12.9. The van der Waals surface area contributed by atoms with Crippen LogP contribution >= 0.6 is 6.64 Å². The number of hydrogen-bond donors (Lipinski definition) is 4. The molecule has 2 saturated heterocycles. The van der Waals surface area contributed by atoms with E-state index < -0.39 is 48.9 Å². The lowest BCUT2D eigenvalue weighted by atomic mass is 9.76. The SMILES string of the molecule is CN(C)/C=N\c1ncnc2c1ncn2[C@H]1CC(NC(c2ccccc2)(c2ccccc2)c2ccccc2)[C@@H](COP(=S)(NC2C[C@H](n3cnc4c(NC(=O)c5ccccc5)ncnc43)O[C@@H]2CO)OCCC#N)O1. The summed E-state index contributed by atoms with van der Waals surface area (Å²) in [6.45, 7) is -3.96. The van der Waals surface area contributed by atoms with Gasteiger partial charge in [-0.05, 0) is 40.6 Å². The lowest BCUT2D eigenvalue weighted by Crippen LogP contribution is -2.53. The number of ether oxygens (including phenoxy) is 2. The molecule has 74 heavy (non-hydrogen) atoms. The standard InChI is InChI=1S/C52H53N14O6PS/c1-64(2)32-60-47-45-49(56-30-54-47)65(33-58-45)43-26-39(62-52(36-18-9-4-10-19-36,37-20-11-5-12-21-37)38-22-13-6-14-23-38)42(72-43)29-70-73(74,69-25-15-24-53)63-40-27-44(71-41(40)28-67)66-34-59-46-48(55-31-57-50(46)66)61-51(68)35-16-7-3-8-17-35/h3-14,16-23,30-34,39-44,62,67H,15,25-29H2,1-2H3,(H,63,74)(H,55,57,61,68)/b60-32-/t39?,40?,41-,42-,43-,44-,73?/m1/s1. The average molecular weight is 1030 g/mol. The van der Waals surface area contributed by atoms with E-state index in [-0.39, 0.29) is 44.4 Å². The molecule has 2 fully saturated rings. The third-order valence-corrected chi connectivity index (χ3v) is 15.5. The van der Waals surface area contributed by atoms with Crippen LogP contribution in [0.1, 0.15) is 58.8 Å². The Bertz CT molecular complexity index is 3210. The second-order valence-electron chi connectivity index (χ2n) is 17.9. The number of rotatable bonds is 20. The first-order chi connectivity index (χ1) is 36.2. The number of aliphatic hydroxyl groups excluding tert-OH is 1. The van der Waals surface area contributed by atoms with Crippen LogP contribution in [0.5, 0.6) is 0 Å². The number of aliphatic hydroxyl groups is 1. The highest BCUT2D eigenvalue weighted by Crippen LogP contribution is 2.49. The molecule has 4 aromatic carbocycles. The molecule has 0 spiro atoms. The number of fused-ring (bicyclic) bond motifs is 2. The number of hydrogen-bond acceptors (Lipinski definition) is 16. The van der Waals surface area contributed by atoms with Gasteiger partial charge in [-0.25, -0.2) is 40.0 Å². The first-order valence-corrected chi connectivity index (χ1v) is 26.6. The Balaban J connectivity index is 0.962. The Kier molecular flexibility index (Phi) is 15.3. The van der Waals surface area contributed by atoms with Gasteiger partial charge in [0.15, 0.2) is 34.0 Å². The summed E-state index contributed by atoms with van der Waals surface area (Å²) >= 11 is 6.31. The van der Waals surface area contributed by atoms with Gasteiger partial charge in [0.25, 0.3) is 12.5 Å². The highest BCUT2D eigenvalue weighted by molar-refractivity contribution is 8.09. The minimum atomic E-state index is -3.52. The van der Waals surface area contributed by atoms with Crippen LogP contribution < -0.4 is 15.7 Å². The van der Waals surface area contributed by atoms with E-state index in [9.17, 15) is 15.2 Å². The van der Waals surface area contributed by atoms with Crippen LogP contribution in [0.3, 0.4) is 0 Å². The summed E-state index contributed by atoms with van der Waals surface area (Å²) in [7, 11) is 3.75. The molecule has 0 saturated carbocycles. The summed E-state index contributed by atoms with van der Waals surface area (Å²) in [4.78, 5) is 46.6. The highest BCUT2D eigenvalue weighted by atomic mass is 32.5. The molecule has 8 aromatic rings. The molecule has 3 unspecified atom stereocenters. The van der Waals surface area contributed by atoms with Crippen LogP contribution in [0.4, 0.5) is 11.6 Å². The van der Waals surface area contributed by atoms with E-state index in [1.54, 1.807) is 47.8 Å². The Morgan fingerprint density at radius 2 is 1.35 bits per heavy atom. The van der Waals surface area contributed by atoms with Crippen LogP contribution in [-0.2, 0) is 35.9 Å². The number of aliphatic imine (C=N–C) groups is 1. The molecule has 0 radical (unpaired) electrons. The summed E-state index contributed by atoms with van der Waals surface area (Å²) in [6, 6.07) is 40.8. The molecule has 10 rings (SSSR count). The van der Waals surface area contributed by atoms with Gasteiger partial charge in [-0.3, -0.25) is 19.2 Å². The molecule has 2 aliphatic heterocycles. The highest BCUT2D eigenvalue weighted by Gasteiger charge is 2.46. The van der Waals surface area contributed by atoms with E-state index >= 15 is 0 Å². The average Bonchev–Trinajstić information content (AvgIpc) is 4.26. The first kappa shape index (κ1) is 50.3. The normalized spacial score (nSPS) is 20.7. The van der Waals surface area contributed by atoms with E-state index in [1.807, 2.05) is 84.2 Å². The Morgan fingerprint density at radius 1 is 0.797 bits per heavy atom. The van der Waals surface area contributed by atoms with Crippen LogP contribution in [0.15, 0.2) is 152 Å². The van der Waals surface area contributed by atoms with Crippen molar-refractivity contribution in [2.75, 3.05) is 39.2 Å². The number of imidazole rings is 2. The van der Waals surface area contributed by atoms with Crippen molar-refractivity contribution >= 4 is 64.7 Å². The number of nitriles is 1. The van der Waals surface area contributed by atoms with Crippen molar-refractivity contribution < 1.29 is 28.4 Å². The molecular formula is C52H53N14O6PS. The summed E-state index contributed by atoms with van der Waals surface area (Å²) in [6.07, 6.45) is 5.78. The second kappa shape index (κ2) is 22.5. The van der Waals surface area contributed by atoms with E-state index in [2.05, 4.69) is 88.1 Å². The maximum absolute atomic E-state index is 13.1. The summed E-state index contributed by atoms with van der Waals surface area (Å²) in [5.74, 6) is 0.297. The monoisotopic (exact) mass is 1030 g/mol. The van der Waals surface area contributed by atoms with Gasteiger partial charge in [0.1, 0.15) is 25.1 Å². The maximum Gasteiger partial charge on any atom is 0.261 e. The number of aromatic nitrogens is 8. The van der Waals surface area contributed by atoms with Crippen LogP contribution in [0.25, 0.3) is 22.3 Å². The molecule has 4 N–H and O–H groups in total. The van der Waals surface area contributed by atoms with Crippen LogP contribution in [0.2, 0.25) is 0 Å². The number of carbonyl (C=O) groups is 1. The minimum Gasteiger partial charge on any atom is -0.394 e. The van der Waals surface area contributed by atoms with Crippen molar-refractivity contribution in [3.63, 3.8) is 0 Å². The van der Waals surface area contributed by atoms with Crippen molar-refractivity contribution in [3.8, 4) is 6.07 Å². The van der Waals surface area contributed by atoms with Crippen LogP contribution in [0, 0.1) is 11.3 Å². The zero-order chi connectivity index (χ0) is 51.1. The minimum absolute atomic E-state index is 0.0174. The molecule has 2 aliphatic rings. The smallest absolute Gasteiger partial charge is 0.261 e. The number of nitrogens with zero attached hydrogens (tertiary/aromatic N) is 11. The fourth-order valence-corrected chi connectivity index (χ4v) is 11.8. The zero-order valence-corrected chi connectivity index (χ0v) is 42.1. The Labute approximate surface area is 431 Å². The summed E-state index contributed by atoms with van der Waals surface area (Å²) in [5.41, 5.74) is 4.41. The van der Waals surface area contributed by atoms with E-state index in [0.717, 1.165) is 16.7 Å². The van der Waals surface area contributed by atoms with Crippen LogP contribution in [-0.4, -0.2) is 119 Å². The van der Waals surface area contributed by atoms with Crippen molar-refractivity contribution in [1.82, 2.24) is 54.3 Å².